The van der Waals surface area contributed by atoms with Crippen molar-refractivity contribution >= 4 is 5.91 Å². The number of nitrogens with zero attached hydrogens (tertiary/aromatic N) is 4. The second-order valence-corrected chi connectivity index (χ2v) is 8.08. The van der Waals surface area contributed by atoms with E-state index in [1.807, 2.05) is 6.20 Å². The van der Waals surface area contributed by atoms with E-state index in [1.54, 1.807) is 18.4 Å². The van der Waals surface area contributed by atoms with Gasteiger partial charge in [-0.3, -0.25) is 9.89 Å². The van der Waals surface area contributed by atoms with Crippen molar-refractivity contribution in [1.82, 2.24) is 30.0 Å². The summed E-state index contributed by atoms with van der Waals surface area (Å²) in [5, 5.41) is 9.99. The van der Waals surface area contributed by atoms with Crippen LogP contribution in [0.15, 0.2) is 29.0 Å². The molecule has 3 aromatic rings. The molecule has 1 unspecified atom stereocenters. The fourth-order valence-electron chi connectivity index (χ4n) is 4.60. The number of hydrogen-bond donors (Lipinski definition) is 2. The predicted octanol–water partition coefficient (Wildman–Crippen LogP) is 3.19. The highest BCUT2D eigenvalue weighted by Crippen LogP contribution is 2.34. The Morgan fingerprint density at radius 3 is 3.00 bits per heavy atom. The van der Waals surface area contributed by atoms with Crippen molar-refractivity contribution < 1.29 is 9.21 Å². The van der Waals surface area contributed by atoms with Crippen LogP contribution in [0.2, 0.25) is 0 Å². The van der Waals surface area contributed by atoms with Crippen molar-refractivity contribution in [2.24, 2.45) is 5.92 Å². The van der Waals surface area contributed by atoms with Crippen LogP contribution in [0.1, 0.15) is 61.8 Å². The Kier molecular flexibility index (Phi) is 4.91. The summed E-state index contributed by atoms with van der Waals surface area (Å²) in [6.45, 7) is 1.21. The lowest BCUT2D eigenvalue weighted by molar-refractivity contribution is -0.125. The van der Waals surface area contributed by atoms with Gasteiger partial charge in [-0.1, -0.05) is 19.3 Å². The maximum absolute atomic E-state index is 12.7. The second-order valence-electron chi connectivity index (χ2n) is 8.08. The molecule has 0 radical (unpaired) electrons. The Bertz CT molecular complexity index is 967. The molecule has 0 spiro atoms. The van der Waals surface area contributed by atoms with Crippen LogP contribution in [-0.4, -0.2) is 30.6 Å². The van der Waals surface area contributed by atoms with E-state index in [2.05, 4.69) is 25.1 Å². The topological polar surface area (TPSA) is 102 Å². The first-order valence-electron chi connectivity index (χ1n) is 10.5. The molecule has 152 valence electrons. The average Bonchev–Trinajstić information content (AvgIpc) is 3.52. The van der Waals surface area contributed by atoms with E-state index in [9.17, 15) is 4.79 Å². The van der Waals surface area contributed by atoms with E-state index in [0.29, 0.717) is 29.9 Å². The lowest BCUT2D eigenvalue weighted by Crippen LogP contribution is -2.35. The van der Waals surface area contributed by atoms with Gasteiger partial charge in [-0.25, -0.2) is 9.97 Å². The van der Waals surface area contributed by atoms with Crippen LogP contribution in [0.25, 0.3) is 11.6 Å². The number of aromatic amines is 1. The molecule has 0 bridgehead atoms. The van der Waals surface area contributed by atoms with Gasteiger partial charge in [0.15, 0.2) is 5.76 Å². The number of imidazole rings is 1. The first-order valence-corrected chi connectivity index (χ1v) is 10.5. The molecular formula is C21H26N6O2. The minimum atomic E-state index is -0.0223. The first kappa shape index (κ1) is 18.1. The molecule has 8 nitrogen and oxygen atoms in total. The largest absolute Gasteiger partial charge is 0.461 e. The highest BCUT2D eigenvalue weighted by molar-refractivity contribution is 5.79. The van der Waals surface area contributed by atoms with Gasteiger partial charge in [-0.15, -0.1) is 5.10 Å². The molecule has 4 heterocycles. The Hall–Kier alpha value is -2.90. The molecule has 0 aromatic carbocycles. The number of H-pyrrole nitrogens is 1. The number of rotatable bonds is 5. The number of nitrogens with one attached hydrogen (secondary N) is 2. The molecule has 1 saturated carbocycles. The van der Waals surface area contributed by atoms with Gasteiger partial charge in [-0.05, 0) is 31.4 Å². The van der Waals surface area contributed by atoms with Crippen molar-refractivity contribution in [1.29, 1.82) is 0 Å². The number of hydrogen-bond acceptors (Lipinski definition) is 5. The van der Waals surface area contributed by atoms with E-state index in [4.69, 9.17) is 9.40 Å². The minimum absolute atomic E-state index is 0.0223. The quantitative estimate of drug-likeness (QED) is 0.692. The van der Waals surface area contributed by atoms with Crippen LogP contribution in [0.4, 0.5) is 0 Å². The molecule has 1 amide bonds. The average molecular weight is 394 g/mol. The van der Waals surface area contributed by atoms with Crippen LogP contribution >= 0.6 is 0 Å². The molecule has 1 aliphatic carbocycles. The van der Waals surface area contributed by atoms with Gasteiger partial charge in [0.05, 0.1) is 12.8 Å². The second kappa shape index (κ2) is 7.85. The summed E-state index contributed by atoms with van der Waals surface area (Å²) in [6, 6.07) is 3.60. The predicted molar refractivity (Wildman–Crippen MR) is 106 cm³/mol. The first-order chi connectivity index (χ1) is 14.3. The van der Waals surface area contributed by atoms with Crippen molar-refractivity contribution in [3.8, 4) is 11.6 Å². The smallest absolute Gasteiger partial charge is 0.223 e. The Morgan fingerprint density at radius 2 is 2.17 bits per heavy atom. The highest BCUT2D eigenvalue weighted by Gasteiger charge is 2.29. The Balaban J connectivity index is 1.18. The normalized spacial score (nSPS) is 19.8. The van der Waals surface area contributed by atoms with Gasteiger partial charge in [0, 0.05) is 36.7 Å². The molecule has 3 aromatic heterocycles. The van der Waals surface area contributed by atoms with Crippen LogP contribution in [0.3, 0.4) is 0 Å². The van der Waals surface area contributed by atoms with Crippen molar-refractivity contribution in [3.63, 3.8) is 0 Å². The number of aromatic nitrogens is 5. The summed E-state index contributed by atoms with van der Waals surface area (Å²) >= 11 is 0. The van der Waals surface area contributed by atoms with Gasteiger partial charge < -0.3 is 14.3 Å². The van der Waals surface area contributed by atoms with Crippen molar-refractivity contribution in [2.45, 2.75) is 64.0 Å². The number of carbonyl (C=O) groups is 1. The van der Waals surface area contributed by atoms with Crippen LogP contribution in [0.5, 0.6) is 0 Å². The zero-order chi connectivity index (χ0) is 19.6. The molecule has 0 saturated heterocycles. The summed E-state index contributed by atoms with van der Waals surface area (Å²) in [7, 11) is 0. The molecular weight excluding hydrogens is 368 g/mol. The molecule has 5 rings (SSSR count). The number of furan rings is 1. The number of carbonyl (C=O) groups excluding carboxylic acids is 1. The Morgan fingerprint density at radius 1 is 1.28 bits per heavy atom. The fraction of sp³-hybridized carbons (Fsp3) is 0.524. The van der Waals surface area contributed by atoms with Crippen molar-refractivity contribution in [3.05, 3.63) is 41.9 Å². The summed E-state index contributed by atoms with van der Waals surface area (Å²) in [6.07, 6.45) is 11.6. The van der Waals surface area contributed by atoms with E-state index in [0.717, 1.165) is 19.4 Å². The lowest BCUT2D eigenvalue weighted by Gasteiger charge is -2.27. The molecule has 2 N–H and O–H groups in total. The van der Waals surface area contributed by atoms with Gasteiger partial charge in [0.2, 0.25) is 11.7 Å². The van der Waals surface area contributed by atoms with Crippen LogP contribution in [-0.2, 0) is 24.3 Å². The SMILES string of the molecule is O=C(NCc1nc(-c2ccco2)n[nH]1)C1CCn2c(cnc2C2CCCCC2)C1. The van der Waals surface area contributed by atoms with Gasteiger partial charge in [-0.2, -0.15) is 0 Å². The van der Waals surface area contributed by atoms with Crippen LogP contribution in [0, 0.1) is 5.92 Å². The molecule has 29 heavy (non-hydrogen) atoms. The monoisotopic (exact) mass is 394 g/mol. The molecule has 1 fully saturated rings. The minimum Gasteiger partial charge on any atom is -0.461 e. The fourth-order valence-corrected chi connectivity index (χ4v) is 4.60. The lowest BCUT2D eigenvalue weighted by atomic mass is 9.88. The third kappa shape index (κ3) is 3.71. The van der Waals surface area contributed by atoms with E-state index in [-0.39, 0.29) is 11.8 Å². The summed E-state index contributed by atoms with van der Waals surface area (Å²) in [4.78, 5) is 21.8. The van der Waals surface area contributed by atoms with E-state index >= 15 is 0 Å². The third-order valence-corrected chi connectivity index (χ3v) is 6.17. The Labute approximate surface area is 169 Å². The molecule has 1 atom stereocenters. The summed E-state index contributed by atoms with van der Waals surface area (Å²) in [5.74, 6) is 3.59. The molecule has 1 aliphatic heterocycles. The third-order valence-electron chi connectivity index (χ3n) is 6.17. The zero-order valence-electron chi connectivity index (χ0n) is 16.4. The van der Waals surface area contributed by atoms with Crippen LogP contribution < -0.4 is 5.32 Å². The maximum atomic E-state index is 12.7. The standard InChI is InChI=1S/C21H26N6O2/c28-21(23-13-18-24-19(26-25-18)17-7-4-10-29-17)15-8-9-27-16(11-15)12-22-20(27)14-5-2-1-3-6-14/h4,7,10,12,14-15H,1-3,5-6,8-9,11,13H2,(H,23,28)(H,24,25,26). The number of fused-ring (bicyclic) bond motifs is 1. The van der Waals surface area contributed by atoms with E-state index < -0.39 is 0 Å². The van der Waals surface area contributed by atoms with Gasteiger partial charge in [0.25, 0.3) is 0 Å². The zero-order valence-corrected chi connectivity index (χ0v) is 16.4. The van der Waals surface area contributed by atoms with Gasteiger partial charge in [0.1, 0.15) is 11.6 Å². The molecule has 2 aliphatic rings. The maximum Gasteiger partial charge on any atom is 0.223 e. The van der Waals surface area contributed by atoms with E-state index in [1.165, 1.54) is 43.6 Å². The number of amides is 1. The molecule has 8 heteroatoms. The summed E-state index contributed by atoms with van der Waals surface area (Å²) < 4.78 is 7.66. The highest BCUT2D eigenvalue weighted by atomic mass is 16.3. The van der Waals surface area contributed by atoms with Crippen molar-refractivity contribution in [2.75, 3.05) is 0 Å². The summed E-state index contributed by atoms with van der Waals surface area (Å²) in [5.41, 5.74) is 1.19. The van der Waals surface area contributed by atoms with Gasteiger partial charge >= 0.3 is 0 Å².